The molecule has 1 N–H and O–H groups in total. The molecular weight excluding hydrogens is 336 g/mol. The second-order valence-electron chi connectivity index (χ2n) is 5.51. The minimum atomic E-state index is -0.636. The van der Waals surface area contributed by atoms with E-state index in [1.165, 1.54) is 4.52 Å². The van der Waals surface area contributed by atoms with E-state index in [4.69, 9.17) is 9.47 Å². The lowest BCUT2D eigenvalue weighted by atomic mass is 10.2. The third-order valence-corrected chi connectivity index (χ3v) is 3.78. The van der Waals surface area contributed by atoms with Gasteiger partial charge in [-0.3, -0.25) is 4.79 Å². The van der Waals surface area contributed by atoms with Crippen LogP contribution in [0.5, 0.6) is 5.75 Å². The second kappa shape index (κ2) is 7.64. The number of rotatable bonds is 6. The molecule has 3 rings (SSSR count). The summed E-state index contributed by atoms with van der Waals surface area (Å²) in [6.45, 7) is 1.57. The van der Waals surface area contributed by atoms with Crippen LogP contribution in [-0.4, -0.2) is 40.2 Å². The molecule has 0 atom stereocenters. The highest BCUT2D eigenvalue weighted by Crippen LogP contribution is 2.17. The summed E-state index contributed by atoms with van der Waals surface area (Å²) in [4.78, 5) is 28.4. The molecule has 0 radical (unpaired) electrons. The van der Waals surface area contributed by atoms with Gasteiger partial charge in [-0.15, -0.1) is 0 Å². The Morgan fingerprint density at radius 3 is 2.85 bits per heavy atom. The van der Waals surface area contributed by atoms with Crippen molar-refractivity contribution >= 4 is 17.5 Å². The fourth-order valence-electron chi connectivity index (χ4n) is 2.53. The first-order valence-electron chi connectivity index (χ1n) is 7.96. The SMILES string of the molecule is COc1ccccc1CNC(=O)COC(=O)c1c(C)nn2cccnc12. The lowest BCUT2D eigenvalue weighted by Crippen LogP contribution is -2.28. The van der Waals surface area contributed by atoms with Crippen LogP contribution in [0.25, 0.3) is 5.65 Å². The van der Waals surface area contributed by atoms with Crippen molar-refractivity contribution in [2.45, 2.75) is 13.5 Å². The molecule has 2 aromatic heterocycles. The lowest BCUT2D eigenvalue weighted by molar-refractivity contribution is -0.124. The maximum Gasteiger partial charge on any atom is 0.344 e. The number of para-hydroxylation sites is 1. The Morgan fingerprint density at radius 1 is 1.23 bits per heavy atom. The van der Waals surface area contributed by atoms with Crippen LogP contribution in [0.3, 0.4) is 0 Å². The monoisotopic (exact) mass is 354 g/mol. The number of aromatic nitrogens is 3. The summed E-state index contributed by atoms with van der Waals surface area (Å²) >= 11 is 0. The van der Waals surface area contributed by atoms with Gasteiger partial charge in [0.05, 0.1) is 12.8 Å². The van der Waals surface area contributed by atoms with E-state index in [-0.39, 0.29) is 12.1 Å². The molecule has 26 heavy (non-hydrogen) atoms. The minimum Gasteiger partial charge on any atom is -0.496 e. The largest absolute Gasteiger partial charge is 0.496 e. The van der Waals surface area contributed by atoms with Crippen molar-refractivity contribution in [3.05, 3.63) is 59.5 Å². The number of hydrogen-bond donors (Lipinski definition) is 1. The Hall–Kier alpha value is -3.42. The number of aryl methyl sites for hydroxylation is 1. The first-order valence-corrected chi connectivity index (χ1v) is 7.96. The summed E-state index contributed by atoms with van der Waals surface area (Å²) in [5, 5.41) is 6.89. The summed E-state index contributed by atoms with van der Waals surface area (Å²) in [6, 6.07) is 9.06. The fraction of sp³-hybridized carbons (Fsp3) is 0.222. The topological polar surface area (TPSA) is 94.8 Å². The Bertz CT molecular complexity index is 951. The van der Waals surface area contributed by atoms with E-state index < -0.39 is 18.5 Å². The average molecular weight is 354 g/mol. The Morgan fingerprint density at radius 2 is 2.04 bits per heavy atom. The van der Waals surface area contributed by atoms with E-state index in [9.17, 15) is 9.59 Å². The van der Waals surface area contributed by atoms with Crippen molar-refractivity contribution in [3.63, 3.8) is 0 Å². The van der Waals surface area contributed by atoms with Gasteiger partial charge in [0.2, 0.25) is 0 Å². The molecule has 0 aliphatic heterocycles. The molecule has 1 amide bonds. The molecule has 2 heterocycles. The maximum absolute atomic E-state index is 12.3. The summed E-state index contributed by atoms with van der Waals surface area (Å²) in [5.74, 6) is -0.368. The predicted octanol–water partition coefficient (Wildman–Crippen LogP) is 1.52. The molecule has 134 valence electrons. The normalized spacial score (nSPS) is 10.5. The molecule has 0 spiro atoms. The van der Waals surface area contributed by atoms with Gasteiger partial charge >= 0.3 is 5.97 Å². The molecule has 0 fully saturated rings. The molecular formula is C18H18N4O4. The summed E-state index contributed by atoms with van der Waals surface area (Å²) in [6.07, 6.45) is 3.25. The highest BCUT2D eigenvalue weighted by Gasteiger charge is 2.20. The zero-order valence-corrected chi connectivity index (χ0v) is 14.4. The number of ether oxygens (including phenoxy) is 2. The van der Waals surface area contributed by atoms with E-state index >= 15 is 0 Å². The van der Waals surface area contributed by atoms with Gasteiger partial charge in [-0.2, -0.15) is 5.10 Å². The smallest absolute Gasteiger partial charge is 0.344 e. The van der Waals surface area contributed by atoms with Crippen molar-refractivity contribution in [2.75, 3.05) is 13.7 Å². The first kappa shape index (κ1) is 17.4. The van der Waals surface area contributed by atoms with Crippen LogP contribution in [0.15, 0.2) is 42.7 Å². The van der Waals surface area contributed by atoms with Crippen molar-refractivity contribution in [1.82, 2.24) is 19.9 Å². The second-order valence-corrected chi connectivity index (χ2v) is 5.51. The number of carbonyl (C=O) groups is 2. The molecule has 0 aliphatic carbocycles. The number of benzene rings is 1. The Labute approximate surface area is 149 Å². The van der Waals surface area contributed by atoms with Gasteiger partial charge in [0, 0.05) is 24.5 Å². The van der Waals surface area contributed by atoms with Crippen LogP contribution in [0.2, 0.25) is 0 Å². The standard InChI is InChI=1S/C18H18N4O4/c1-12-16(17-19-8-5-9-22(17)21-12)18(24)26-11-15(23)20-10-13-6-3-4-7-14(13)25-2/h3-9H,10-11H2,1-2H3,(H,20,23). The van der Waals surface area contributed by atoms with Crippen LogP contribution in [0.4, 0.5) is 0 Å². The molecule has 0 aliphatic rings. The first-order chi connectivity index (χ1) is 12.6. The number of hydrogen-bond acceptors (Lipinski definition) is 6. The van der Waals surface area contributed by atoms with Gasteiger partial charge in [0.15, 0.2) is 12.3 Å². The summed E-state index contributed by atoms with van der Waals surface area (Å²) < 4.78 is 11.8. The number of carbonyl (C=O) groups excluding carboxylic acids is 2. The van der Waals surface area contributed by atoms with E-state index in [1.807, 2.05) is 24.3 Å². The lowest BCUT2D eigenvalue weighted by Gasteiger charge is -2.09. The number of methoxy groups -OCH3 is 1. The molecule has 8 heteroatoms. The van der Waals surface area contributed by atoms with Crippen LogP contribution in [0, 0.1) is 6.92 Å². The molecule has 0 saturated carbocycles. The van der Waals surface area contributed by atoms with Crippen molar-refractivity contribution < 1.29 is 19.1 Å². The van der Waals surface area contributed by atoms with Crippen LogP contribution < -0.4 is 10.1 Å². The van der Waals surface area contributed by atoms with Crippen LogP contribution in [-0.2, 0) is 16.1 Å². The molecule has 8 nitrogen and oxygen atoms in total. The van der Waals surface area contributed by atoms with E-state index in [1.54, 1.807) is 32.5 Å². The third kappa shape index (κ3) is 3.64. The Balaban J connectivity index is 1.59. The van der Waals surface area contributed by atoms with Gasteiger partial charge in [-0.25, -0.2) is 14.3 Å². The quantitative estimate of drug-likeness (QED) is 0.675. The molecule has 0 saturated heterocycles. The zero-order chi connectivity index (χ0) is 18.5. The van der Waals surface area contributed by atoms with Crippen molar-refractivity contribution in [2.24, 2.45) is 0 Å². The average Bonchev–Trinajstić information content (AvgIpc) is 3.00. The molecule has 3 aromatic rings. The maximum atomic E-state index is 12.3. The minimum absolute atomic E-state index is 0.253. The number of nitrogens with one attached hydrogen (secondary N) is 1. The third-order valence-electron chi connectivity index (χ3n) is 3.78. The van der Waals surface area contributed by atoms with E-state index in [0.717, 1.165) is 5.56 Å². The highest BCUT2D eigenvalue weighted by atomic mass is 16.5. The van der Waals surface area contributed by atoms with Crippen LogP contribution in [0.1, 0.15) is 21.6 Å². The highest BCUT2D eigenvalue weighted by molar-refractivity contribution is 5.98. The van der Waals surface area contributed by atoms with Gasteiger partial charge in [0.25, 0.3) is 5.91 Å². The van der Waals surface area contributed by atoms with E-state index in [0.29, 0.717) is 17.1 Å². The summed E-state index contributed by atoms with van der Waals surface area (Å²) in [5.41, 5.74) is 1.97. The number of esters is 1. The molecule has 0 unspecified atom stereocenters. The zero-order valence-electron chi connectivity index (χ0n) is 14.4. The van der Waals surface area contributed by atoms with Gasteiger partial charge in [-0.1, -0.05) is 18.2 Å². The Kier molecular flexibility index (Phi) is 5.12. The molecule has 0 bridgehead atoms. The van der Waals surface area contributed by atoms with Gasteiger partial charge < -0.3 is 14.8 Å². The van der Waals surface area contributed by atoms with Crippen molar-refractivity contribution in [3.8, 4) is 5.75 Å². The number of amides is 1. The number of nitrogens with zero attached hydrogens (tertiary/aromatic N) is 3. The fourth-order valence-corrected chi connectivity index (χ4v) is 2.53. The predicted molar refractivity (Wildman–Crippen MR) is 92.8 cm³/mol. The van der Waals surface area contributed by atoms with Gasteiger partial charge in [-0.05, 0) is 19.1 Å². The van der Waals surface area contributed by atoms with Crippen molar-refractivity contribution in [1.29, 1.82) is 0 Å². The van der Waals surface area contributed by atoms with E-state index in [2.05, 4.69) is 15.4 Å². The number of fused-ring (bicyclic) bond motifs is 1. The summed E-state index contributed by atoms with van der Waals surface area (Å²) in [7, 11) is 1.56. The van der Waals surface area contributed by atoms with Gasteiger partial charge in [0.1, 0.15) is 11.3 Å². The van der Waals surface area contributed by atoms with Crippen LogP contribution >= 0.6 is 0 Å². The molecule has 1 aromatic carbocycles.